The van der Waals surface area contributed by atoms with Crippen LogP contribution in [0.1, 0.15) is 33.6 Å². The molecule has 2 unspecified atom stereocenters. The Kier molecular flexibility index (Phi) is 4.21. The molecule has 2 atom stereocenters. The van der Waals surface area contributed by atoms with Crippen molar-refractivity contribution in [2.24, 2.45) is 16.7 Å². The molecule has 0 spiro atoms. The van der Waals surface area contributed by atoms with Gasteiger partial charge in [0.05, 0.1) is 0 Å². The first kappa shape index (κ1) is 14.7. The Morgan fingerprint density at radius 1 is 1.20 bits per heavy atom. The van der Waals surface area contributed by atoms with Crippen molar-refractivity contribution < 1.29 is 19.8 Å². The molecule has 15 heavy (non-hydrogen) atoms. The summed E-state index contributed by atoms with van der Waals surface area (Å²) in [6.07, 6.45) is 0.681. The van der Waals surface area contributed by atoms with Gasteiger partial charge >= 0.3 is 23.1 Å². The second kappa shape index (κ2) is 4.29. The van der Waals surface area contributed by atoms with Gasteiger partial charge in [-0.05, 0) is 18.3 Å². The number of hydrogen-bond donors (Lipinski definition) is 0. The Morgan fingerprint density at radius 2 is 1.67 bits per heavy atom. The maximum Gasteiger partial charge on any atom is 2.00 e. The predicted molar refractivity (Wildman–Crippen MR) is 50.4 cm³/mol. The average molecular weight is 223 g/mol. The van der Waals surface area contributed by atoms with E-state index in [1.807, 2.05) is 0 Å². The van der Waals surface area contributed by atoms with Crippen LogP contribution in [0, 0.1) is 16.7 Å². The van der Waals surface area contributed by atoms with Crippen molar-refractivity contribution in [2.45, 2.75) is 33.6 Å². The normalized spacial score (nSPS) is 33.1. The van der Waals surface area contributed by atoms with Crippen LogP contribution >= 0.6 is 0 Å². The third-order valence-corrected chi connectivity index (χ3v) is 3.96. The predicted octanol–water partition coefficient (Wildman–Crippen LogP) is -1.45. The Hall–Kier alpha value is -0.294. The van der Waals surface area contributed by atoms with Gasteiger partial charge in [-0.15, -0.1) is 0 Å². The SMILES string of the molecule is CC1(C(=O)[O-])CCC(C(=O)[O-])C1(C)C.[Mg+2]. The van der Waals surface area contributed by atoms with E-state index in [1.165, 1.54) is 0 Å². The van der Waals surface area contributed by atoms with Crippen molar-refractivity contribution in [2.75, 3.05) is 0 Å². The number of carboxylic acids is 2. The zero-order valence-electron chi connectivity index (χ0n) is 9.33. The van der Waals surface area contributed by atoms with Crippen LogP contribution in [0.25, 0.3) is 0 Å². The second-order valence-electron chi connectivity index (χ2n) is 4.75. The van der Waals surface area contributed by atoms with E-state index in [1.54, 1.807) is 20.8 Å². The molecule has 80 valence electrons. The summed E-state index contributed by atoms with van der Waals surface area (Å²) >= 11 is 0. The smallest absolute Gasteiger partial charge is 0.550 e. The molecule has 0 heterocycles. The van der Waals surface area contributed by atoms with Crippen molar-refractivity contribution in [1.82, 2.24) is 0 Å². The molecule has 5 heteroatoms. The van der Waals surface area contributed by atoms with Gasteiger partial charge < -0.3 is 19.8 Å². The minimum Gasteiger partial charge on any atom is -0.550 e. The summed E-state index contributed by atoms with van der Waals surface area (Å²) in [7, 11) is 0. The molecular weight excluding hydrogens is 208 g/mol. The van der Waals surface area contributed by atoms with E-state index in [0.29, 0.717) is 12.8 Å². The molecule has 0 aromatic heterocycles. The standard InChI is InChI=1S/C10H16O4.Mg/c1-9(2)6(7(11)12)4-5-10(9,3)8(13)14;/h6H,4-5H2,1-3H3,(H,11,12)(H,13,14);/q;+2/p-2. The van der Waals surface area contributed by atoms with E-state index in [0.717, 1.165) is 0 Å². The first-order chi connectivity index (χ1) is 6.23. The van der Waals surface area contributed by atoms with Crippen molar-refractivity contribution in [3.63, 3.8) is 0 Å². The summed E-state index contributed by atoms with van der Waals surface area (Å²) in [4.78, 5) is 21.8. The van der Waals surface area contributed by atoms with E-state index in [9.17, 15) is 19.8 Å². The molecule has 0 aromatic carbocycles. The molecule has 0 aromatic rings. The summed E-state index contributed by atoms with van der Waals surface area (Å²) in [5, 5.41) is 21.8. The van der Waals surface area contributed by atoms with Crippen molar-refractivity contribution in [3.8, 4) is 0 Å². The molecule has 4 nitrogen and oxygen atoms in total. The van der Waals surface area contributed by atoms with E-state index in [2.05, 4.69) is 0 Å². The molecule has 1 aliphatic rings. The second-order valence-corrected chi connectivity index (χ2v) is 4.75. The number of carbonyl (C=O) groups is 2. The van der Waals surface area contributed by atoms with Crippen molar-refractivity contribution in [3.05, 3.63) is 0 Å². The monoisotopic (exact) mass is 222 g/mol. The van der Waals surface area contributed by atoms with E-state index in [4.69, 9.17) is 0 Å². The van der Waals surface area contributed by atoms with Crippen LogP contribution in [0.3, 0.4) is 0 Å². The van der Waals surface area contributed by atoms with Crippen LogP contribution in [0.5, 0.6) is 0 Å². The number of hydrogen-bond acceptors (Lipinski definition) is 4. The van der Waals surface area contributed by atoms with Gasteiger partial charge in [0, 0.05) is 23.3 Å². The Balaban J connectivity index is 0.00000196. The summed E-state index contributed by atoms with van der Waals surface area (Å²) in [6.45, 7) is 4.85. The van der Waals surface area contributed by atoms with Crippen LogP contribution in [-0.2, 0) is 9.59 Å². The summed E-state index contributed by atoms with van der Waals surface area (Å²) < 4.78 is 0. The van der Waals surface area contributed by atoms with Crippen LogP contribution in [0.4, 0.5) is 0 Å². The third-order valence-electron chi connectivity index (χ3n) is 3.96. The fourth-order valence-electron chi connectivity index (χ4n) is 2.28. The molecule has 1 aliphatic carbocycles. The van der Waals surface area contributed by atoms with Gasteiger partial charge in [0.15, 0.2) is 0 Å². The maximum atomic E-state index is 11.0. The van der Waals surface area contributed by atoms with Gasteiger partial charge in [-0.25, -0.2) is 0 Å². The van der Waals surface area contributed by atoms with E-state index >= 15 is 0 Å². The average Bonchev–Trinajstić information content (AvgIpc) is 2.24. The van der Waals surface area contributed by atoms with Gasteiger partial charge in [0.1, 0.15) is 0 Å². The summed E-state index contributed by atoms with van der Waals surface area (Å²) in [5.74, 6) is -3.04. The summed E-state index contributed by atoms with van der Waals surface area (Å²) in [5.41, 5.74) is -1.89. The third kappa shape index (κ3) is 1.99. The Labute approximate surface area is 105 Å². The minimum atomic E-state index is -1.17. The van der Waals surface area contributed by atoms with Crippen LogP contribution in [0.15, 0.2) is 0 Å². The van der Waals surface area contributed by atoms with Gasteiger partial charge in [0.2, 0.25) is 0 Å². The van der Waals surface area contributed by atoms with Gasteiger partial charge in [-0.1, -0.05) is 20.8 Å². The molecule has 1 fully saturated rings. The number of carboxylic acid groups (broad SMARTS) is 2. The first-order valence-electron chi connectivity index (χ1n) is 4.66. The van der Waals surface area contributed by atoms with E-state index in [-0.39, 0.29) is 23.1 Å². The molecular formula is C10H14MgO4. The molecule has 1 rings (SSSR count). The zero-order chi connectivity index (χ0) is 11.1. The van der Waals surface area contributed by atoms with Crippen LogP contribution in [-0.4, -0.2) is 35.0 Å². The fraction of sp³-hybridized carbons (Fsp3) is 0.800. The van der Waals surface area contributed by atoms with Gasteiger partial charge in [0.25, 0.3) is 0 Å². The largest absolute Gasteiger partial charge is 2.00 e. The Morgan fingerprint density at radius 3 is 1.87 bits per heavy atom. The zero-order valence-corrected chi connectivity index (χ0v) is 10.7. The molecule has 0 radical (unpaired) electrons. The summed E-state index contributed by atoms with van der Waals surface area (Å²) in [6, 6.07) is 0. The van der Waals surface area contributed by atoms with Crippen molar-refractivity contribution in [1.29, 1.82) is 0 Å². The topological polar surface area (TPSA) is 80.3 Å². The maximum absolute atomic E-state index is 11.0. The molecule has 0 bridgehead atoms. The quantitative estimate of drug-likeness (QED) is 0.535. The molecule has 0 amide bonds. The fourth-order valence-corrected chi connectivity index (χ4v) is 2.28. The Bertz CT molecular complexity index is 287. The number of carbonyl (C=O) groups excluding carboxylic acids is 2. The molecule has 0 aliphatic heterocycles. The van der Waals surface area contributed by atoms with Gasteiger partial charge in [-0.3, -0.25) is 0 Å². The number of rotatable bonds is 2. The first-order valence-corrected chi connectivity index (χ1v) is 4.66. The van der Waals surface area contributed by atoms with Crippen LogP contribution in [0.2, 0.25) is 0 Å². The van der Waals surface area contributed by atoms with Crippen LogP contribution < -0.4 is 10.2 Å². The van der Waals surface area contributed by atoms with Crippen molar-refractivity contribution >= 4 is 35.0 Å². The van der Waals surface area contributed by atoms with E-state index < -0.39 is 28.7 Å². The number of aliphatic carboxylic acids is 2. The molecule has 0 N–H and O–H groups in total. The van der Waals surface area contributed by atoms with Gasteiger partial charge in [-0.2, -0.15) is 0 Å². The minimum absolute atomic E-state index is 0. The molecule has 1 saturated carbocycles. The molecule has 0 saturated heterocycles.